The number of ether oxygens (including phenoxy) is 1. The smallest absolute Gasteiger partial charge is 0.218 e. The van der Waals surface area contributed by atoms with Gasteiger partial charge in [0, 0.05) is 31.6 Å². The second kappa shape index (κ2) is 5.70. The number of aromatic nitrogens is 2. The van der Waals surface area contributed by atoms with Crippen LogP contribution in [-0.4, -0.2) is 64.0 Å². The van der Waals surface area contributed by atoms with Crippen molar-refractivity contribution in [3.63, 3.8) is 0 Å². The predicted octanol–water partition coefficient (Wildman–Crippen LogP) is -0.162. The van der Waals surface area contributed by atoms with Gasteiger partial charge in [0.25, 0.3) is 0 Å². The molecule has 2 aliphatic rings. The summed E-state index contributed by atoms with van der Waals surface area (Å²) < 4.78 is 5.03. The van der Waals surface area contributed by atoms with Crippen LogP contribution in [0.25, 0.3) is 0 Å². The van der Waals surface area contributed by atoms with E-state index in [9.17, 15) is 5.11 Å². The number of fused-ring (bicyclic) bond motifs is 2. The summed E-state index contributed by atoms with van der Waals surface area (Å²) in [6.45, 7) is 3.24. The van der Waals surface area contributed by atoms with Crippen molar-refractivity contribution in [1.29, 1.82) is 0 Å². The third-order valence-electron chi connectivity index (χ3n) is 4.18. The third kappa shape index (κ3) is 3.07. The minimum absolute atomic E-state index is 0.340. The zero-order chi connectivity index (χ0) is 14.9. The minimum atomic E-state index is -0.687. The van der Waals surface area contributed by atoms with Crippen LogP contribution in [0.15, 0.2) is 12.4 Å². The molecule has 2 bridgehead atoms. The zero-order valence-corrected chi connectivity index (χ0v) is 12.7. The van der Waals surface area contributed by atoms with E-state index in [4.69, 9.17) is 17.0 Å². The molecule has 2 aliphatic heterocycles. The van der Waals surface area contributed by atoms with Crippen molar-refractivity contribution in [3.05, 3.63) is 12.4 Å². The van der Waals surface area contributed by atoms with Crippen LogP contribution >= 0.6 is 12.2 Å². The van der Waals surface area contributed by atoms with Crippen molar-refractivity contribution < 1.29 is 9.84 Å². The van der Waals surface area contributed by atoms with E-state index in [1.807, 2.05) is 0 Å². The first kappa shape index (κ1) is 14.4. The highest BCUT2D eigenvalue weighted by Gasteiger charge is 2.48. The Bertz CT molecular complexity index is 543. The van der Waals surface area contributed by atoms with Gasteiger partial charge in [0.1, 0.15) is 12.1 Å². The molecule has 8 heteroatoms. The van der Waals surface area contributed by atoms with Gasteiger partial charge < -0.3 is 20.5 Å². The molecule has 3 heterocycles. The van der Waals surface area contributed by atoms with E-state index in [-0.39, 0.29) is 0 Å². The Hall–Kier alpha value is -1.51. The molecule has 3 N–H and O–H groups in total. The number of piperidine rings is 1. The number of rotatable bonds is 4. The predicted molar refractivity (Wildman–Crippen MR) is 82.3 cm³/mol. The lowest BCUT2D eigenvalue weighted by atomic mass is 9.88. The number of methoxy groups -OCH3 is 1. The average Bonchev–Trinajstić information content (AvgIpc) is 3.06. The topological polar surface area (TPSA) is 82.5 Å². The number of anilines is 1. The Labute approximate surface area is 128 Å². The number of aliphatic hydroxyl groups is 1. The molecule has 3 unspecified atom stereocenters. The van der Waals surface area contributed by atoms with Gasteiger partial charge in [-0.1, -0.05) is 0 Å². The van der Waals surface area contributed by atoms with Crippen molar-refractivity contribution in [2.75, 3.05) is 38.6 Å². The number of hydrogen-bond acceptors (Lipinski definition) is 6. The van der Waals surface area contributed by atoms with Gasteiger partial charge >= 0.3 is 0 Å². The van der Waals surface area contributed by atoms with Crippen LogP contribution in [0.1, 0.15) is 6.42 Å². The first-order valence-electron chi connectivity index (χ1n) is 6.95. The molecule has 0 aliphatic carbocycles. The van der Waals surface area contributed by atoms with Gasteiger partial charge in [0.15, 0.2) is 5.11 Å². The standard InChI is InChI=1S/C13H19N5O2S/c1-20-11-4-10(15-8-16-11)17-12(21)14-6-13(19)7-18-3-2-9(13)5-18/h4,8-9,19H,2-3,5-7H2,1H3,(H2,14,15,16,17,21). The Kier molecular flexibility index (Phi) is 3.92. The molecule has 114 valence electrons. The van der Waals surface area contributed by atoms with Crippen molar-refractivity contribution in [2.24, 2.45) is 5.92 Å². The molecule has 0 spiro atoms. The molecule has 21 heavy (non-hydrogen) atoms. The summed E-state index contributed by atoms with van der Waals surface area (Å²) in [4.78, 5) is 10.3. The van der Waals surface area contributed by atoms with E-state index in [1.165, 1.54) is 6.33 Å². The summed E-state index contributed by atoms with van der Waals surface area (Å²) in [7, 11) is 1.54. The van der Waals surface area contributed by atoms with Crippen LogP contribution in [0.5, 0.6) is 5.88 Å². The van der Waals surface area contributed by atoms with Gasteiger partial charge in [-0.05, 0) is 25.2 Å². The fraction of sp³-hybridized carbons (Fsp3) is 0.615. The largest absolute Gasteiger partial charge is 0.481 e. The van der Waals surface area contributed by atoms with Gasteiger partial charge in [-0.2, -0.15) is 0 Å². The van der Waals surface area contributed by atoms with Gasteiger partial charge in [0.05, 0.1) is 12.7 Å². The van der Waals surface area contributed by atoms with Crippen LogP contribution in [-0.2, 0) is 0 Å². The summed E-state index contributed by atoms with van der Waals surface area (Å²) in [6.07, 6.45) is 2.46. The fourth-order valence-electron chi connectivity index (χ4n) is 3.04. The van der Waals surface area contributed by atoms with Gasteiger partial charge in [-0.25, -0.2) is 9.97 Å². The van der Waals surface area contributed by atoms with E-state index >= 15 is 0 Å². The molecule has 0 amide bonds. The normalized spacial score (nSPS) is 30.2. The number of thiocarbonyl (C=S) groups is 1. The number of hydrogen-bond donors (Lipinski definition) is 3. The van der Waals surface area contributed by atoms with Crippen LogP contribution in [0, 0.1) is 5.92 Å². The number of nitrogens with zero attached hydrogens (tertiary/aromatic N) is 3. The maximum Gasteiger partial charge on any atom is 0.218 e. The molecule has 1 aromatic rings. The van der Waals surface area contributed by atoms with Crippen molar-refractivity contribution in [3.8, 4) is 5.88 Å². The lowest BCUT2D eigenvalue weighted by Crippen LogP contribution is -2.51. The molecule has 0 radical (unpaired) electrons. The molecule has 0 aromatic carbocycles. The molecule has 2 saturated heterocycles. The molecule has 1 aromatic heterocycles. The van der Waals surface area contributed by atoms with E-state index < -0.39 is 5.60 Å². The zero-order valence-electron chi connectivity index (χ0n) is 11.9. The van der Waals surface area contributed by atoms with Gasteiger partial charge in [-0.15, -0.1) is 0 Å². The van der Waals surface area contributed by atoms with E-state index in [0.29, 0.717) is 35.8 Å². The average molecular weight is 309 g/mol. The van der Waals surface area contributed by atoms with E-state index in [0.717, 1.165) is 19.5 Å². The first-order chi connectivity index (χ1) is 10.1. The summed E-state index contributed by atoms with van der Waals surface area (Å²) in [6, 6.07) is 1.66. The Morgan fingerprint density at radius 1 is 1.62 bits per heavy atom. The van der Waals surface area contributed by atoms with Crippen molar-refractivity contribution >= 4 is 23.1 Å². The quantitative estimate of drug-likeness (QED) is 0.662. The highest BCUT2D eigenvalue weighted by Crippen LogP contribution is 2.35. The van der Waals surface area contributed by atoms with Crippen LogP contribution < -0.4 is 15.4 Å². The van der Waals surface area contributed by atoms with Crippen LogP contribution in [0.3, 0.4) is 0 Å². The lowest BCUT2D eigenvalue weighted by Gasteiger charge is -2.32. The van der Waals surface area contributed by atoms with Gasteiger partial charge in [-0.3, -0.25) is 4.90 Å². The maximum absolute atomic E-state index is 10.6. The highest BCUT2D eigenvalue weighted by atomic mass is 32.1. The molecular formula is C13H19N5O2S. The van der Waals surface area contributed by atoms with E-state index in [1.54, 1.807) is 13.2 Å². The Balaban J connectivity index is 1.52. The summed E-state index contributed by atoms with van der Waals surface area (Å²) in [5.74, 6) is 1.37. The molecule has 3 atom stereocenters. The number of nitrogens with one attached hydrogen (secondary N) is 2. The molecule has 2 fully saturated rings. The van der Waals surface area contributed by atoms with Gasteiger partial charge in [0.2, 0.25) is 5.88 Å². The fourth-order valence-corrected chi connectivity index (χ4v) is 3.22. The van der Waals surface area contributed by atoms with E-state index in [2.05, 4.69) is 25.5 Å². The Morgan fingerprint density at radius 3 is 3.14 bits per heavy atom. The van der Waals surface area contributed by atoms with Crippen molar-refractivity contribution in [2.45, 2.75) is 12.0 Å². The lowest BCUT2D eigenvalue weighted by molar-refractivity contribution is -0.000179. The second-order valence-electron chi connectivity index (χ2n) is 5.58. The maximum atomic E-state index is 10.6. The second-order valence-corrected chi connectivity index (χ2v) is 5.99. The summed E-state index contributed by atoms with van der Waals surface area (Å²) >= 11 is 5.24. The monoisotopic (exact) mass is 309 g/mol. The highest BCUT2D eigenvalue weighted by molar-refractivity contribution is 7.80. The SMILES string of the molecule is COc1cc(NC(=S)NCC2(O)CN3CCC2C3)ncn1. The van der Waals surface area contributed by atoms with Crippen LogP contribution in [0.2, 0.25) is 0 Å². The molecule has 0 saturated carbocycles. The Morgan fingerprint density at radius 2 is 2.48 bits per heavy atom. The third-order valence-corrected chi connectivity index (χ3v) is 4.42. The summed E-state index contributed by atoms with van der Waals surface area (Å²) in [5, 5.41) is 17.1. The summed E-state index contributed by atoms with van der Waals surface area (Å²) in [5.41, 5.74) is -0.687. The molecule has 7 nitrogen and oxygen atoms in total. The van der Waals surface area contributed by atoms with Crippen LogP contribution in [0.4, 0.5) is 5.82 Å². The molecular weight excluding hydrogens is 290 g/mol. The van der Waals surface area contributed by atoms with Crippen molar-refractivity contribution in [1.82, 2.24) is 20.2 Å². The first-order valence-corrected chi connectivity index (χ1v) is 7.35. The molecule has 3 rings (SSSR count). The minimum Gasteiger partial charge on any atom is -0.481 e.